The van der Waals surface area contributed by atoms with Crippen LogP contribution in [0, 0.1) is 6.92 Å². The van der Waals surface area contributed by atoms with E-state index in [0.29, 0.717) is 17.2 Å². The number of aryl methyl sites for hydroxylation is 2. The Morgan fingerprint density at radius 2 is 2.04 bits per heavy atom. The lowest BCUT2D eigenvalue weighted by atomic mass is 9.92. The van der Waals surface area contributed by atoms with Crippen molar-refractivity contribution in [3.8, 4) is 0 Å². The zero-order chi connectivity index (χ0) is 19.7. The molecule has 0 bridgehead atoms. The average Bonchev–Trinajstić information content (AvgIpc) is 3.03. The van der Waals surface area contributed by atoms with Crippen LogP contribution in [0.2, 0.25) is 0 Å². The number of aromatic amines is 1. The molecule has 0 saturated heterocycles. The first-order valence-corrected chi connectivity index (χ1v) is 9.42. The lowest BCUT2D eigenvalue weighted by Gasteiger charge is -2.12. The fourth-order valence-electron chi connectivity index (χ4n) is 3.50. The molecule has 0 aliphatic heterocycles. The van der Waals surface area contributed by atoms with Crippen LogP contribution < -0.4 is 16.3 Å². The van der Waals surface area contributed by atoms with Crippen molar-refractivity contribution in [2.75, 3.05) is 0 Å². The predicted molar refractivity (Wildman–Crippen MR) is 113 cm³/mol. The van der Waals surface area contributed by atoms with Gasteiger partial charge in [-0.1, -0.05) is 18.5 Å². The molecule has 6 heteroatoms. The molecule has 0 fully saturated rings. The molecular weight excluding hydrogens is 337 g/mol. The lowest BCUT2D eigenvalue weighted by Crippen LogP contribution is -2.28. The molecule has 140 valence electrons. The monoisotopic (exact) mass is 363 g/mol. The lowest BCUT2D eigenvalue weighted by molar-refractivity contribution is 0.0952. The Balaban J connectivity index is 1.91. The van der Waals surface area contributed by atoms with E-state index in [1.165, 1.54) is 0 Å². The standard InChI is InChI=1S/C21H26BN3O2/c1-5-15-8-13(4)18(21(27)24-15)11-23-20(26)17-9-14(22)10-19-16(17)6-7-25(19)12(2)3/h6-10,12H,5,11,22H2,1-4H3,(H,23,26)(H,24,27). The number of H-pyrrole nitrogens is 1. The Hall–Kier alpha value is -2.76. The molecular formula is C21H26BN3O2. The molecule has 0 aliphatic rings. The van der Waals surface area contributed by atoms with Crippen molar-refractivity contribution in [2.45, 2.75) is 46.7 Å². The second-order valence-corrected chi connectivity index (χ2v) is 7.38. The molecule has 0 aliphatic carbocycles. The van der Waals surface area contributed by atoms with Crippen LogP contribution in [0.3, 0.4) is 0 Å². The molecule has 1 aromatic carbocycles. The molecule has 0 radical (unpaired) electrons. The normalized spacial score (nSPS) is 11.3. The first-order chi connectivity index (χ1) is 12.8. The number of nitrogens with zero attached hydrogens (tertiary/aromatic N) is 1. The van der Waals surface area contributed by atoms with Crippen LogP contribution >= 0.6 is 0 Å². The SMILES string of the molecule is Bc1cc(C(=O)NCc2c(C)cc(CC)[nH]c2=O)c2ccn(C(C)C)c2c1. The summed E-state index contributed by atoms with van der Waals surface area (Å²) in [4.78, 5) is 28.1. The number of fused-ring (bicyclic) bond motifs is 1. The number of amides is 1. The van der Waals surface area contributed by atoms with E-state index in [4.69, 9.17) is 0 Å². The molecule has 2 heterocycles. The van der Waals surface area contributed by atoms with E-state index in [2.05, 4.69) is 34.8 Å². The van der Waals surface area contributed by atoms with Gasteiger partial charge in [0.15, 0.2) is 0 Å². The van der Waals surface area contributed by atoms with E-state index in [9.17, 15) is 9.59 Å². The smallest absolute Gasteiger partial charge is 0.253 e. The number of carbonyl (C=O) groups excluding carboxylic acids is 1. The molecule has 3 aromatic rings. The van der Waals surface area contributed by atoms with Gasteiger partial charge in [0, 0.05) is 46.5 Å². The van der Waals surface area contributed by atoms with Gasteiger partial charge in [0.2, 0.25) is 0 Å². The second-order valence-electron chi connectivity index (χ2n) is 7.38. The van der Waals surface area contributed by atoms with Gasteiger partial charge >= 0.3 is 0 Å². The largest absolute Gasteiger partial charge is 0.348 e. The minimum absolute atomic E-state index is 0.132. The third-order valence-corrected chi connectivity index (χ3v) is 5.01. The Morgan fingerprint density at radius 1 is 1.30 bits per heavy atom. The highest BCUT2D eigenvalue weighted by Crippen LogP contribution is 2.22. The molecule has 0 unspecified atom stereocenters. The first-order valence-electron chi connectivity index (χ1n) is 9.42. The summed E-state index contributed by atoms with van der Waals surface area (Å²) in [5.41, 5.74) is 5.01. The maximum Gasteiger partial charge on any atom is 0.253 e. The van der Waals surface area contributed by atoms with Gasteiger partial charge in [0.25, 0.3) is 11.5 Å². The van der Waals surface area contributed by atoms with Crippen molar-refractivity contribution < 1.29 is 4.79 Å². The predicted octanol–water partition coefficient (Wildman–Crippen LogP) is 1.97. The summed E-state index contributed by atoms with van der Waals surface area (Å²) in [5.74, 6) is -0.163. The quantitative estimate of drug-likeness (QED) is 0.681. The topological polar surface area (TPSA) is 66.9 Å². The van der Waals surface area contributed by atoms with Crippen molar-refractivity contribution in [3.63, 3.8) is 0 Å². The Labute approximate surface area is 160 Å². The summed E-state index contributed by atoms with van der Waals surface area (Å²) in [6.07, 6.45) is 2.79. The number of hydrogen-bond acceptors (Lipinski definition) is 2. The van der Waals surface area contributed by atoms with Gasteiger partial charge in [0.05, 0.1) is 0 Å². The highest BCUT2D eigenvalue weighted by Gasteiger charge is 2.15. The van der Waals surface area contributed by atoms with Crippen molar-refractivity contribution in [2.24, 2.45) is 0 Å². The zero-order valence-corrected chi connectivity index (χ0v) is 16.6. The van der Waals surface area contributed by atoms with Gasteiger partial charge < -0.3 is 14.9 Å². The maximum absolute atomic E-state index is 12.9. The zero-order valence-electron chi connectivity index (χ0n) is 16.6. The number of benzene rings is 1. The maximum atomic E-state index is 12.9. The summed E-state index contributed by atoms with van der Waals surface area (Å²) in [5, 5.41) is 3.85. The first kappa shape index (κ1) is 19.0. The fraction of sp³-hybridized carbons (Fsp3) is 0.333. The molecule has 3 rings (SSSR count). The van der Waals surface area contributed by atoms with E-state index in [1.54, 1.807) is 0 Å². The summed E-state index contributed by atoms with van der Waals surface area (Å²) in [6, 6.07) is 8.27. The van der Waals surface area contributed by atoms with E-state index < -0.39 is 0 Å². The van der Waals surface area contributed by atoms with Crippen LogP contribution in [-0.2, 0) is 13.0 Å². The molecule has 0 spiro atoms. The van der Waals surface area contributed by atoms with Gasteiger partial charge in [-0.2, -0.15) is 0 Å². The summed E-state index contributed by atoms with van der Waals surface area (Å²) >= 11 is 0. The van der Waals surface area contributed by atoms with Crippen molar-refractivity contribution in [3.05, 3.63) is 63.2 Å². The summed E-state index contributed by atoms with van der Waals surface area (Å²) < 4.78 is 2.16. The van der Waals surface area contributed by atoms with E-state index in [0.717, 1.165) is 34.0 Å². The highest BCUT2D eigenvalue weighted by molar-refractivity contribution is 6.34. The molecule has 0 saturated carbocycles. The number of carbonyl (C=O) groups is 1. The third-order valence-electron chi connectivity index (χ3n) is 5.01. The van der Waals surface area contributed by atoms with Crippen LogP contribution in [0.5, 0.6) is 0 Å². The molecule has 2 aromatic heterocycles. The average molecular weight is 363 g/mol. The van der Waals surface area contributed by atoms with Gasteiger partial charge in [-0.3, -0.25) is 9.59 Å². The van der Waals surface area contributed by atoms with Crippen LogP contribution in [-0.4, -0.2) is 23.3 Å². The van der Waals surface area contributed by atoms with Crippen molar-refractivity contribution >= 4 is 30.1 Å². The molecule has 1 amide bonds. The Kier molecular flexibility index (Phi) is 5.26. The van der Waals surface area contributed by atoms with Crippen LogP contribution in [0.25, 0.3) is 10.9 Å². The highest BCUT2D eigenvalue weighted by atomic mass is 16.1. The van der Waals surface area contributed by atoms with Crippen LogP contribution in [0.15, 0.2) is 35.3 Å². The third kappa shape index (κ3) is 3.70. The minimum Gasteiger partial charge on any atom is -0.348 e. The molecule has 27 heavy (non-hydrogen) atoms. The number of nitrogens with one attached hydrogen (secondary N) is 2. The Morgan fingerprint density at radius 3 is 2.67 bits per heavy atom. The van der Waals surface area contributed by atoms with Gasteiger partial charge in [0.1, 0.15) is 7.85 Å². The summed E-state index contributed by atoms with van der Waals surface area (Å²) in [7, 11) is 1.99. The van der Waals surface area contributed by atoms with Gasteiger partial charge in [-0.25, -0.2) is 0 Å². The molecule has 5 nitrogen and oxygen atoms in total. The van der Waals surface area contributed by atoms with Gasteiger partial charge in [-0.05, 0) is 51.0 Å². The van der Waals surface area contributed by atoms with E-state index in [1.807, 2.05) is 46.1 Å². The Bertz CT molecular complexity index is 1060. The number of pyridine rings is 1. The summed E-state index contributed by atoms with van der Waals surface area (Å²) in [6.45, 7) is 8.36. The number of rotatable bonds is 5. The van der Waals surface area contributed by atoms with E-state index >= 15 is 0 Å². The molecule has 2 N–H and O–H groups in total. The van der Waals surface area contributed by atoms with Gasteiger partial charge in [-0.15, -0.1) is 0 Å². The number of aromatic nitrogens is 2. The molecule has 0 atom stereocenters. The second kappa shape index (κ2) is 7.47. The van der Waals surface area contributed by atoms with E-state index in [-0.39, 0.29) is 18.0 Å². The number of hydrogen-bond donors (Lipinski definition) is 2. The minimum atomic E-state index is -0.163. The van der Waals surface area contributed by atoms with Crippen molar-refractivity contribution in [1.29, 1.82) is 0 Å². The van der Waals surface area contributed by atoms with Crippen molar-refractivity contribution in [1.82, 2.24) is 14.9 Å². The fourth-order valence-corrected chi connectivity index (χ4v) is 3.50. The van der Waals surface area contributed by atoms with Crippen LogP contribution in [0.1, 0.15) is 54.0 Å². The van der Waals surface area contributed by atoms with Crippen LogP contribution in [0.4, 0.5) is 0 Å².